The van der Waals surface area contributed by atoms with E-state index in [1.165, 1.54) is 25.7 Å². The van der Waals surface area contributed by atoms with Crippen LogP contribution in [-0.4, -0.2) is 25.2 Å². The van der Waals surface area contributed by atoms with Gasteiger partial charge < -0.3 is 10.1 Å². The molecule has 2 unspecified atom stereocenters. The number of carbonyl (C=O) groups is 1. The first-order valence-electron chi connectivity index (χ1n) is 7.48. The zero-order valence-corrected chi connectivity index (χ0v) is 11.8. The van der Waals surface area contributed by atoms with Crippen LogP contribution in [0.2, 0.25) is 0 Å². The van der Waals surface area contributed by atoms with Gasteiger partial charge in [-0.2, -0.15) is 5.26 Å². The number of rotatable bonds is 2. The lowest BCUT2D eigenvalue weighted by Gasteiger charge is -2.32. The van der Waals surface area contributed by atoms with Gasteiger partial charge in [-0.1, -0.05) is 26.2 Å². The van der Waals surface area contributed by atoms with Gasteiger partial charge in [0, 0.05) is 19.3 Å². The second-order valence-electron chi connectivity index (χ2n) is 6.00. The molecule has 19 heavy (non-hydrogen) atoms. The van der Waals surface area contributed by atoms with Gasteiger partial charge in [0.25, 0.3) is 0 Å². The SMILES string of the molecule is CC1CCCCCC1NC(=O)C1(C#N)CCOCC1. The van der Waals surface area contributed by atoms with Gasteiger partial charge in [-0.15, -0.1) is 0 Å². The number of amides is 1. The summed E-state index contributed by atoms with van der Waals surface area (Å²) in [4.78, 5) is 12.5. The quantitative estimate of drug-likeness (QED) is 0.779. The third kappa shape index (κ3) is 3.27. The summed E-state index contributed by atoms with van der Waals surface area (Å²) in [5.74, 6) is 0.444. The molecule has 4 nitrogen and oxygen atoms in total. The Hall–Kier alpha value is -1.08. The first kappa shape index (κ1) is 14.3. The highest BCUT2D eigenvalue weighted by Crippen LogP contribution is 2.31. The van der Waals surface area contributed by atoms with Gasteiger partial charge in [-0.25, -0.2) is 0 Å². The third-order valence-corrected chi connectivity index (χ3v) is 4.67. The molecule has 1 heterocycles. The molecular formula is C15H24N2O2. The molecule has 1 amide bonds. The lowest BCUT2D eigenvalue weighted by molar-refractivity contribution is -0.133. The molecule has 1 saturated carbocycles. The topological polar surface area (TPSA) is 62.1 Å². The van der Waals surface area contributed by atoms with E-state index in [-0.39, 0.29) is 11.9 Å². The Labute approximate surface area is 115 Å². The van der Waals surface area contributed by atoms with Gasteiger partial charge in [0.1, 0.15) is 5.41 Å². The maximum Gasteiger partial charge on any atom is 0.240 e. The van der Waals surface area contributed by atoms with Gasteiger partial charge >= 0.3 is 0 Å². The molecule has 0 aromatic carbocycles. The highest BCUT2D eigenvalue weighted by atomic mass is 16.5. The average Bonchev–Trinajstić information content (AvgIpc) is 2.65. The molecule has 2 aliphatic rings. The van der Waals surface area contributed by atoms with E-state index >= 15 is 0 Å². The maximum atomic E-state index is 12.5. The van der Waals surface area contributed by atoms with Crippen molar-refractivity contribution < 1.29 is 9.53 Å². The van der Waals surface area contributed by atoms with Crippen molar-refractivity contribution in [2.45, 2.75) is 57.9 Å². The predicted octanol–water partition coefficient (Wildman–Crippen LogP) is 2.39. The van der Waals surface area contributed by atoms with Crippen molar-refractivity contribution in [3.05, 3.63) is 0 Å². The third-order valence-electron chi connectivity index (χ3n) is 4.67. The van der Waals surface area contributed by atoms with E-state index in [0.29, 0.717) is 32.0 Å². The monoisotopic (exact) mass is 264 g/mol. The van der Waals surface area contributed by atoms with E-state index in [1.807, 2.05) is 0 Å². The highest BCUT2D eigenvalue weighted by molar-refractivity contribution is 5.85. The molecule has 2 fully saturated rings. The molecule has 1 N–H and O–H groups in total. The van der Waals surface area contributed by atoms with Crippen LogP contribution in [0.15, 0.2) is 0 Å². The molecule has 1 aliphatic carbocycles. The number of carbonyl (C=O) groups excluding carboxylic acids is 1. The second kappa shape index (κ2) is 6.38. The first-order valence-corrected chi connectivity index (χ1v) is 7.48. The van der Waals surface area contributed by atoms with Crippen LogP contribution in [0.5, 0.6) is 0 Å². The molecule has 2 atom stereocenters. The second-order valence-corrected chi connectivity index (χ2v) is 6.00. The predicted molar refractivity (Wildman–Crippen MR) is 72.3 cm³/mol. The summed E-state index contributed by atoms with van der Waals surface area (Å²) in [7, 11) is 0. The average molecular weight is 264 g/mol. The maximum absolute atomic E-state index is 12.5. The molecule has 4 heteroatoms. The van der Waals surface area contributed by atoms with E-state index < -0.39 is 5.41 Å². The summed E-state index contributed by atoms with van der Waals surface area (Å²) in [6.07, 6.45) is 6.96. The summed E-state index contributed by atoms with van der Waals surface area (Å²) in [5.41, 5.74) is -0.857. The first-order chi connectivity index (χ1) is 9.18. The molecular weight excluding hydrogens is 240 g/mol. The molecule has 0 bridgehead atoms. The number of hydrogen-bond acceptors (Lipinski definition) is 3. The largest absolute Gasteiger partial charge is 0.381 e. The van der Waals surface area contributed by atoms with Gasteiger partial charge in [0.05, 0.1) is 6.07 Å². The van der Waals surface area contributed by atoms with Crippen LogP contribution in [0.4, 0.5) is 0 Å². The van der Waals surface area contributed by atoms with Crippen LogP contribution in [-0.2, 0) is 9.53 Å². The van der Waals surface area contributed by atoms with Crippen LogP contribution in [0, 0.1) is 22.7 Å². The van der Waals surface area contributed by atoms with Crippen molar-refractivity contribution >= 4 is 5.91 Å². The van der Waals surface area contributed by atoms with Crippen LogP contribution >= 0.6 is 0 Å². The molecule has 0 aromatic rings. The molecule has 0 aromatic heterocycles. The van der Waals surface area contributed by atoms with E-state index in [9.17, 15) is 10.1 Å². The zero-order chi connectivity index (χ0) is 13.7. The van der Waals surface area contributed by atoms with Crippen LogP contribution in [0.3, 0.4) is 0 Å². The Bertz CT molecular complexity index is 356. The Morgan fingerprint density at radius 2 is 1.95 bits per heavy atom. The van der Waals surface area contributed by atoms with Crippen LogP contribution in [0.25, 0.3) is 0 Å². The Balaban J connectivity index is 2.00. The number of hydrogen-bond donors (Lipinski definition) is 1. The Morgan fingerprint density at radius 1 is 1.26 bits per heavy atom. The van der Waals surface area contributed by atoms with Crippen LogP contribution < -0.4 is 5.32 Å². The summed E-state index contributed by atoms with van der Waals surface area (Å²) < 4.78 is 5.28. The lowest BCUT2D eigenvalue weighted by atomic mass is 9.80. The van der Waals surface area contributed by atoms with Crippen molar-refractivity contribution in [3.8, 4) is 6.07 Å². The van der Waals surface area contributed by atoms with Crippen molar-refractivity contribution in [2.24, 2.45) is 11.3 Å². The van der Waals surface area contributed by atoms with Crippen molar-refractivity contribution in [1.82, 2.24) is 5.32 Å². The summed E-state index contributed by atoms with van der Waals surface area (Å²) >= 11 is 0. The molecule has 2 rings (SSSR count). The van der Waals surface area contributed by atoms with E-state index in [4.69, 9.17) is 4.74 Å². The molecule has 0 radical (unpaired) electrons. The number of nitriles is 1. The zero-order valence-electron chi connectivity index (χ0n) is 11.8. The van der Waals surface area contributed by atoms with Crippen molar-refractivity contribution in [3.63, 3.8) is 0 Å². The fourth-order valence-electron chi connectivity index (χ4n) is 3.12. The Morgan fingerprint density at radius 3 is 2.63 bits per heavy atom. The minimum atomic E-state index is -0.857. The molecule has 0 spiro atoms. The summed E-state index contributed by atoms with van der Waals surface area (Å²) in [5, 5.41) is 12.5. The van der Waals surface area contributed by atoms with Crippen molar-refractivity contribution in [2.75, 3.05) is 13.2 Å². The van der Waals surface area contributed by atoms with E-state index in [2.05, 4.69) is 18.3 Å². The minimum Gasteiger partial charge on any atom is -0.381 e. The summed E-state index contributed by atoms with van der Waals surface area (Å²) in [6, 6.07) is 2.48. The summed E-state index contributed by atoms with van der Waals surface area (Å²) in [6.45, 7) is 3.24. The van der Waals surface area contributed by atoms with Gasteiger partial charge in [-0.3, -0.25) is 4.79 Å². The smallest absolute Gasteiger partial charge is 0.240 e. The molecule has 1 aliphatic heterocycles. The lowest BCUT2D eigenvalue weighted by Crippen LogP contribution is -2.49. The van der Waals surface area contributed by atoms with Crippen LogP contribution in [0.1, 0.15) is 51.9 Å². The van der Waals surface area contributed by atoms with Gasteiger partial charge in [0.2, 0.25) is 5.91 Å². The van der Waals surface area contributed by atoms with E-state index in [0.717, 1.165) is 6.42 Å². The number of nitrogens with zero attached hydrogens (tertiary/aromatic N) is 1. The molecule has 106 valence electrons. The highest BCUT2D eigenvalue weighted by Gasteiger charge is 2.41. The number of nitrogens with one attached hydrogen (secondary N) is 1. The van der Waals surface area contributed by atoms with Gasteiger partial charge in [-0.05, 0) is 31.6 Å². The minimum absolute atomic E-state index is 0.0722. The Kier molecular flexibility index (Phi) is 4.81. The fourth-order valence-corrected chi connectivity index (χ4v) is 3.12. The molecule has 1 saturated heterocycles. The fraction of sp³-hybridized carbons (Fsp3) is 0.867. The normalized spacial score (nSPS) is 30.9. The standard InChI is InChI=1S/C15H24N2O2/c1-12-5-3-2-4-6-13(12)17-14(18)15(11-16)7-9-19-10-8-15/h12-13H,2-10H2,1H3,(H,17,18). The van der Waals surface area contributed by atoms with Crippen molar-refractivity contribution in [1.29, 1.82) is 5.26 Å². The van der Waals surface area contributed by atoms with E-state index in [1.54, 1.807) is 0 Å². The number of ether oxygens (including phenoxy) is 1. The van der Waals surface area contributed by atoms with Gasteiger partial charge in [0.15, 0.2) is 0 Å².